The highest BCUT2D eigenvalue weighted by Crippen LogP contribution is 2.14. The number of rotatable bonds is 6. The SMILES string of the molecule is CC(CCCl)CCN(C)c1ccccc1. The van der Waals surface area contributed by atoms with Crippen LogP contribution in [0.4, 0.5) is 5.69 Å². The quantitative estimate of drug-likeness (QED) is 0.666. The fourth-order valence-electron chi connectivity index (χ4n) is 1.56. The second-order valence-corrected chi connectivity index (χ2v) is 4.51. The summed E-state index contributed by atoms with van der Waals surface area (Å²) < 4.78 is 0. The molecule has 1 aromatic rings. The average molecular weight is 226 g/mol. The Hall–Kier alpha value is -0.690. The van der Waals surface area contributed by atoms with E-state index in [2.05, 4.69) is 43.1 Å². The van der Waals surface area contributed by atoms with E-state index < -0.39 is 0 Å². The van der Waals surface area contributed by atoms with Crippen molar-refractivity contribution in [1.82, 2.24) is 0 Å². The number of alkyl halides is 1. The third-order valence-electron chi connectivity index (χ3n) is 2.76. The van der Waals surface area contributed by atoms with Crippen molar-refractivity contribution in [3.05, 3.63) is 30.3 Å². The zero-order chi connectivity index (χ0) is 11.1. The molecular weight excluding hydrogens is 206 g/mol. The molecule has 0 amide bonds. The number of hydrogen-bond acceptors (Lipinski definition) is 1. The van der Waals surface area contributed by atoms with E-state index in [-0.39, 0.29) is 0 Å². The first kappa shape index (κ1) is 12.4. The standard InChI is InChI=1S/C13H20ClN/c1-12(8-10-14)9-11-15(2)13-6-4-3-5-7-13/h3-7,12H,8-11H2,1-2H3. The Labute approximate surface area is 98.0 Å². The Morgan fingerprint density at radius 1 is 1.20 bits per heavy atom. The van der Waals surface area contributed by atoms with Crippen LogP contribution in [0.3, 0.4) is 0 Å². The van der Waals surface area contributed by atoms with Crippen molar-refractivity contribution in [2.24, 2.45) is 5.92 Å². The first-order chi connectivity index (χ1) is 7.24. The van der Waals surface area contributed by atoms with Gasteiger partial charge >= 0.3 is 0 Å². The predicted octanol–water partition coefficient (Wildman–Crippen LogP) is 3.78. The maximum Gasteiger partial charge on any atom is 0.0363 e. The van der Waals surface area contributed by atoms with Crippen LogP contribution in [0.25, 0.3) is 0 Å². The number of hydrogen-bond donors (Lipinski definition) is 0. The van der Waals surface area contributed by atoms with E-state index in [9.17, 15) is 0 Å². The van der Waals surface area contributed by atoms with Crippen LogP contribution in [0.1, 0.15) is 19.8 Å². The third kappa shape index (κ3) is 4.57. The lowest BCUT2D eigenvalue weighted by molar-refractivity contribution is 0.520. The van der Waals surface area contributed by atoms with Crippen LogP contribution in [0.5, 0.6) is 0 Å². The molecule has 0 spiro atoms. The number of nitrogens with zero attached hydrogens (tertiary/aromatic N) is 1. The number of benzene rings is 1. The Bertz CT molecular complexity index is 260. The molecule has 0 bridgehead atoms. The third-order valence-corrected chi connectivity index (χ3v) is 2.97. The van der Waals surface area contributed by atoms with Crippen LogP contribution in [-0.2, 0) is 0 Å². The normalized spacial score (nSPS) is 12.5. The van der Waals surface area contributed by atoms with E-state index in [1.807, 2.05) is 6.07 Å². The molecule has 1 atom stereocenters. The minimum Gasteiger partial charge on any atom is -0.375 e. The van der Waals surface area contributed by atoms with Gasteiger partial charge in [-0.2, -0.15) is 0 Å². The van der Waals surface area contributed by atoms with Gasteiger partial charge in [0.1, 0.15) is 0 Å². The van der Waals surface area contributed by atoms with Gasteiger partial charge in [0.05, 0.1) is 0 Å². The maximum atomic E-state index is 5.72. The van der Waals surface area contributed by atoms with Gasteiger partial charge in [0, 0.05) is 25.2 Å². The number of anilines is 1. The minimum absolute atomic E-state index is 0.716. The number of para-hydroxylation sites is 1. The molecule has 1 rings (SSSR count). The molecule has 0 aliphatic rings. The summed E-state index contributed by atoms with van der Waals surface area (Å²) in [5.41, 5.74) is 1.29. The molecule has 1 unspecified atom stereocenters. The summed E-state index contributed by atoms with van der Waals surface area (Å²) >= 11 is 5.72. The van der Waals surface area contributed by atoms with Crippen LogP contribution in [0.15, 0.2) is 30.3 Å². The van der Waals surface area contributed by atoms with Crippen molar-refractivity contribution in [2.75, 3.05) is 24.4 Å². The predicted molar refractivity (Wildman–Crippen MR) is 68.8 cm³/mol. The molecule has 0 fully saturated rings. The van der Waals surface area contributed by atoms with Gasteiger partial charge in [-0.15, -0.1) is 11.6 Å². The molecule has 0 aliphatic carbocycles. The molecular formula is C13H20ClN. The Balaban J connectivity index is 2.33. The van der Waals surface area contributed by atoms with Gasteiger partial charge < -0.3 is 4.90 Å². The molecule has 1 nitrogen and oxygen atoms in total. The van der Waals surface area contributed by atoms with Gasteiger partial charge in [-0.1, -0.05) is 25.1 Å². The highest BCUT2D eigenvalue weighted by atomic mass is 35.5. The van der Waals surface area contributed by atoms with Gasteiger partial charge in [-0.25, -0.2) is 0 Å². The summed E-state index contributed by atoms with van der Waals surface area (Å²) in [5, 5.41) is 0. The molecule has 0 aromatic heterocycles. The van der Waals surface area contributed by atoms with Crippen molar-refractivity contribution >= 4 is 17.3 Å². The molecule has 15 heavy (non-hydrogen) atoms. The highest BCUT2D eigenvalue weighted by molar-refractivity contribution is 6.17. The van der Waals surface area contributed by atoms with Gasteiger partial charge in [-0.3, -0.25) is 0 Å². The van der Waals surface area contributed by atoms with Crippen molar-refractivity contribution < 1.29 is 0 Å². The van der Waals surface area contributed by atoms with Gasteiger partial charge in [0.15, 0.2) is 0 Å². The molecule has 1 aromatic carbocycles. The van der Waals surface area contributed by atoms with Crippen molar-refractivity contribution in [2.45, 2.75) is 19.8 Å². The molecule has 84 valence electrons. The zero-order valence-corrected chi connectivity index (χ0v) is 10.4. The second-order valence-electron chi connectivity index (χ2n) is 4.13. The molecule has 0 saturated carbocycles. The fourth-order valence-corrected chi connectivity index (χ4v) is 1.93. The minimum atomic E-state index is 0.716. The Kier molecular flexibility index (Phi) is 5.56. The summed E-state index contributed by atoms with van der Waals surface area (Å²) in [6.45, 7) is 3.36. The first-order valence-electron chi connectivity index (χ1n) is 5.56. The Morgan fingerprint density at radius 2 is 1.87 bits per heavy atom. The Morgan fingerprint density at radius 3 is 2.47 bits per heavy atom. The maximum absolute atomic E-state index is 5.72. The van der Waals surface area contributed by atoms with Crippen LogP contribution in [0, 0.1) is 5.92 Å². The van der Waals surface area contributed by atoms with Crippen LogP contribution < -0.4 is 4.90 Å². The van der Waals surface area contributed by atoms with E-state index in [1.165, 1.54) is 12.1 Å². The van der Waals surface area contributed by atoms with Crippen molar-refractivity contribution in [3.8, 4) is 0 Å². The highest BCUT2D eigenvalue weighted by Gasteiger charge is 2.04. The smallest absolute Gasteiger partial charge is 0.0363 e. The summed E-state index contributed by atoms with van der Waals surface area (Å²) in [4.78, 5) is 2.30. The zero-order valence-electron chi connectivity index (χ0n) is 9.62. The van der Waals surface area contributed by atoms with E-state index in [4.69, 9.17) is 11.6 Å². The summed E-state index contributed by atoms with van der Waals surface area (Å²) in [5.74, 6) is 1.49. The second kappa shape index (κ2) is 6.73. The molecule has 0 N–H and O–H groups in total. The summed E-state index contributed by atoms with van der Waals surface area (Å²) in [7, 11) is 2.14. The monoisotopic (exact) mass is 225 g/mol. The van der Waals surface area contributed by atoms with E-state index in [1.54, 1.807) is 0 Å². The first-order valence-corrected chi connectivity index (χ1v) is 6.09. The van der Waals surface area contributed by atoms with Crippen LogP contribution in [-0.4, -0.2) is 19.5 Å². The lowest BCUT2D eigenvalue weighted by atomic mass is 10.1. The van der Waals surface area contributed by atoms with E-state index in [0.29, 0.717) is 5.92 Å². The number of halogens is 1. The molecule has 0 radical (unpaired) electrons. The van der Waals surface area contributed by atoms with E-state index in [0.717, 1.165) is 18.8 Å². The molecule has 0 saturated heterocycles. The fraction of sp³-hybridized carbons (Fsp3) is 0.538. The largest absolute Gasteiger partial charge is 0.375 e. The van der Waals surface area contributed by atoms with Gasteiger partial charge in [-0.05, 0) is 30.9 Å². The summed E-state index contributed by atoms with van der Waals surface area (Å²) in [6, 6.07) is 10.5. The lowest BCUT2D eigenvalue weighted by Crippen LogP contribution is -2.20. The summed E-state index contributed by atoms with van der Waals surface area (Å²) in [6.07, 6.45) is 2.32. The average Bonchev–Trinajstić information content (AvgIpc) is 2.27. The molecule has 2 heteroatoms. The van der Waals surface area contributed by atoms with Crippen molar-refractivity contribution in [1.29, 1.82) is 0 Å². The van der Waals surface area contributed by atoms with Crippen molar-refractivity contribution in [3.63, 3.8) is 0 Å². The molecule has 0 aliphatic heterocycles. The van der Waals surface area contributed by atoms with Gasteiger partial charge in [0.2, 0.25) is 0 Å². The topological polar surface area (TPSA) is 3.24 Å². The lowest BCUT2D eigenvalue weighted by Gasteiger charge is -2.21. The van der Waals surface area contributed by atoms with Crippen LogP contribution >= 0.6 is 11.6 Å². The van der Waals surface area contributed by atoms with Crippen LogP contribution in [0.2, 0.25) is 0 Å². The van der Waals surface area contributed by atoms with E-state index >= 15 is 0 Å². The molecule has 0 heterocycles. The van der Waals surface area contributed by atoms with Gasteiger partial charge in [0.25, 0.3) is 0 Å².